The molecule has 1 heterocycles. The number of rotatable bonds is 5. The summed E-state index contributed by atoms with van der Waals surface area (Å²) < 4.78 is 14.0. The van der Waals surface area contributed by atoms with E-state index in [9.17, 15) is 9.18 Å². The van der Waals surface area contributed by atoms with Crippen molar-refractivity contribution in [1.82, 2.24) is 9.97 Å². The predicted molar refractivity (Wildman–Crippen MR) is 106 cm³/mol. The zero-order valence-corrected chi connectivity index (χ0v) is 16.3. The second kappa shape index (κ2) is 8.42. The van der Waals surface area contributed by atoms with E-state index in [0.29, 0.717) is 10.9 Å². The van der Waals surface area contributed by atoms with Gasteiger partial charge in [-0.15, -0.1) is 0 Å². The minimum absolute atomic E-state index is 0.114. The van der Waals surface area contributed by atoms with Crippen LogP contribution >= 0.6 is 27.7 Å². The molecule has 0 aliphatic heterocycles. The normalized spacial score (nSPS) is 10.6. The van der Waals surface area contributed by atoms with E-state index in [2.05, 4.69) is 31.2 Å². The Kier molecular flexibility index (Phi) is 6.00. The molecule has 4 nitrogen and oxygen atoms in total. The third-order valence-corrected chi connectivity index (χ3v) is 4.85. The van der Waals surface area contributed by atoms with Gasteiger partial charge in [0.25, 0.3) is 0 Å². The van der Waals surface area contributed by atoms with Crippen molar-refractivity contribution in [3.8, 4) is 11.4 Å². The monoisotopic (exact) mass is 431 g/mol. The zero-order chi connectivity index (χ0) is 18.5. The summed E-state index contributed by atoms with van der Waals surface area (Å²) in [5, 5.41) is 3.54. The fraction of sp³-hybridized carbons (Fsp3) is 0.105. The van der Waals surface area contributed by atoms with E-state index in [1.54, 1.807) is 12.1 Å². The molecule has 0 atom stereocenters. The van der Waals surface area contributed by atoms with Crippen LogP contribution < -0.4 is 5.32 Å². The number of nitrogens with zero attached hydrogens (tertiary/aromatic N) is 2. The molecule has 1 amide bonds. The van der Waals surface area contributed by atoms with E-state index >= 15 is 0 Å². The second-order valence-corrected chi connectivity index (χ2v) is 7.43. The molecule has 3 aromatic rings. The number of carbonyl (C=O) groups excluding carboxylic acids is 1. The van der Waals surface area contributed by atoms with Gasteiger partial charge < -0.3 is 5.32 Å². The van der Waals surface area contributed by atoms with E-state index in [0.717, 1.165) is 21.4 Å². The Morgan fingerprint density at radius 3 is 2.50 bits per heavy atom. The molecular formula is C19H15BrFN3OS. The number of hydrogen-bond donors (Lipinski definition) is 1. The molecule has 0 fully saturated rings. The van der Waals surface area contributed by atoms with Crippen LogP contribution in [0.3, 0.4) is 0 Å². The van der Waals surface area contributed by atoms with Crippen LogP contribution in [0.1, 0.15) is 5.69 Å². The Bertz CT molecular complexity index is 917. The fourth-order valence-corrected chi connectivity index (χ4v) is 3.23. The van der Waals surface area contributed by atoms with Crippen molar-refractivity contribution < 1.29 is 9.18 Å². The predicted octanol–water partition coefficient (Wildman–Crippen LogP) is 5.08. The van der Waals surface area contributed by atoms with Crippen molar-refractivity contribution in [2.75, 3.05) is 11.1 Å². The molecule has 0 unspecified atom stereocenters. The third-order valence-electron chi connectivity index (χ3n) is 3.41. The van der Waals surface area contributed by atoms with Gasteiger partial charge in [-0.3, -0.25) is 4.79 Å². The second-order valence-electron chi connectivity index (χ2n) is 5.52. The number of aryl methyl sites for hydroxylation is 1. The molecule has 0 aliphatic rings. The van der Waals surface area contributed by atoms with Crippen LogP contribution in [-0.2, 0) is 4.79 Å². The molecular weight excluding hydrogens is 417 g/mol. The summed E-state index contributed by atoms with van der Waals surface area (Å²) in [5.74, 6) is 0.327. The van der Waals surface area contributed by atoms with Crippen molar-refractivity contribution in [2.24, 2.45) is 0 Å². The number of halogens is 2. The number of aromatic nitrogens is 2. The molecule has 132 valence electrons. The minimum atomic E-state index is -0.305. The first kappa shape index (κ1) is 18.5. The van der Waals surface area contributed by atoms with E-state index in [4.69, 9.17) is 0 Å². The van der Waals surface area contributed by atoms with Gasteiger partial charge in [-0.2, -0.15) is 0 Å². The number of anilines is 1. The maximum atomic E-state index is 13.1. The number of nitrogens with one attached hydrogen (secondary N) is 1. The van der Waals surface area contributed by atoms with Crippen molar-refractivity contribution in [3.05, 3.63) is 70.6 Å². The molecule has 2 aromatic carbocycles. The topological polar surface area (TPSA) is 54.9 Å². The van der Waals surface area contributed by atoms with Crippen LogP contribution in [0.25, 0.3) is 11.4 Å². The molecule has 7 heteroatoms. The molecule has 0 radical (unpaired) electrons. The zero-order valence-electron chi connectivity index (χ0n) is 13.9. The average Bonchev–Trinajstić information content (AvgIpc) is 2.62. The molecule has 3 rings (SSSR count). The largest absolute Gasteiger partial charge is 0.325 e. The molecule has 0 bridgehead atoms. The summed E-state index contributed by atoms with van der Waals surface area (Å²) >= 11 is 4.69. The number of carbonyl (C=O) groups is 1. The lowest BCUT2D eigenvalue weighted by molar-refractivity contribution is -0.113. The van der Waals surface area contributed by atoms with Gasteiger partial charge in [0.2, 0.25) is 5.91 Å². The van der Waals surface area contributed by atoms with Gasteiger partial charge in [-0.25, -0.2) is 14.4 Å². The van der Waals surface area contributed by atoms with Gasteiger partial charge in [0, 0.05) is 21.4 Å². The lowest BCUT2D eigenvalue weighted by atomic mass is 10.2. The van der Waals surface area contributed by atoms with Crippen molar-refractivity contribution >= 4 is 39.3 Å². The van der Waals surface area contributed by atoms with Crippen LogP contribution in [0.4, 0.5) is 10.1 Å². The summed E-state index contributed by atoms with van der Waals surface area (Å²) in [6, 6.07) is 15.2. The average molecular weight is 432 g/mol. The van der Waals surface area contributed by atoms with E-state index < -0.39 is 0 Å². The maximum Gasteiger partial charge on any atom is 0.234 e. The standard InChI is InChI=1S/C19H15BrFN3OS/c1-12-10-18(24-19(22-12)13-2-6-15(21)7-3-13)26-11-17(25)23-16-8-4-14(20)5-9-16/h2-10H,11H2,1H3,(H,23,25). The molecule has 0 saturated carbocycles. The van der Waals surface area contributed by atoms with E-state index in [-0.39, 0.29) is 17.5 Å². The van der Waals surface area contributed by atoms with Crippen LogP contribution in [0, 0.1) is 12.7 Å². The summed E-state index contributed by atoms with van der Waals surface area (Å²) in [6.07, 6.45) is 0. The Morgan fingerprint density at radius 1 is 1.12 bits per heavy atom. The highest BCUT2D eigenvalue weighted by atomic mass is 79.9. The molecule has 1 aromatic heterocycles. The molecule has 0 saturated heterocycles. The van der Waals surface area contributed by atoms with Gasteiger partial charge in [-0.05, 0) is 61.5 Å². The fourth-order valence-electron chi connectivity index (χ4n) is 2.21. The van der Waals surface area contributed by atoms with Crippen molar-refractivity contribution in [3.63, 3.8) is 0 Å². The molecule has 0 aliphatic carbocycles. The number of hydrogen-bond acceptors (Lipinski definition) is 4. The Balaban J connectivity index is 1.66. The smallest absolute Gasteiger partial charge is 0.234 e. The highest BCUT2D eigenvalue weighted by Crippen LogP contribution is 2.22. The summed E-state index contributed by atoms with van der Waals surface area (Å²) in [5.41, 5.74) is 2.26. The lowest BCUT2D eigenvalue weighted by Gasteiger charge is -2.07. The van der Waals surface area contributed by atoms with Gasteiger partial charge in [0.1, 0.15) is 10.8 Å². The summed E-state index contributed by atoms with van der Waals surface area (Å²) in [7, 11) is 0. The van der Waals surface area contributed by atoms with Crippen LogP contribution in [0.2, 0.25) is 0 Å². The van der Waals surface area contributed by atoms with Gasteiger partial charge in [0.15, 0.2) is 5.82 Å². The number of thioether (sulfide) groups is 1. The molecule has 26 heavy (non-hydrogen) atoms. The van der Waals surface area contributed by atoms with E-state index in [1.807, 2.05) is 37.3 Å². The SMILES string of the molecule is Cc1cc(SCC(=O)Nc2ccc(Br)cc2)nc(-c2ccc(F)cc2)n1. The summed E-state index contributed by atoms with van der Waals surface area (Å²) in [6.45, 7) is 1.86. The number of benzene rings is 2. The highest BCUT2D eigenvalue weighted by Gasteiger charge is 2.09. The Hall–Kier alpha value is -2.25. The van der Waals surface area contributed by atoms with Crippen molar-refractivity contribution in [1.29, 1.82) is 0 Å². The summed E-state index contributed by atoms with van der Waals surface area (Å²) in [4.78, 5) is 21.0. The van der Waals surface area contributed by atoms with Gasteiger partial charge >= 0.3 is 0 Å². The Morgan fingerprint density at radius 2 is 1.81 bits per heavy atom. The first-order valence-electron chi connectivity index (χ1n) is 7.79. The van der Waals surface area contributed by atoms with E-state index in [1.165, 1.54) is 23.9 Å². The van der Waals surface area contributed by atoms with Crippen LogP contribution in [0.15, 0.2) is 64.1 Å². The molecule has 1 N–H and O–H groups in total. The van der Waals surface area contributed by atoms with Gasteiger partial charge in [-0.1, -0.05) is 27.7 Å². The maximum absolute atomic E-state index is 13.1. The quantitative estimate of drug-likeness (QED) is 0.451. The van der Waals surface area contributed by atoms with Crippen LogP contribution in [-0.4, -0.2) is 21.6 Å². The first-order valence-corrected chi connectivity index (χ1v) is 9.57. The third kappa shape index (κ3) is 5.12. The van der Waals surface area contributed by atoms with Crippen LogP contribution in [0.5, 0.6) is 0 Å². The first-order chi connectivity index (χ1) is 12.5. The number of amides is 1. The highest BCUT2D eigenvalue weighted by molar-refractivity contribution is 9.10. The minimum Gasteiger partial charge on any atom is -0.325 e. The van der Waals surface area contributed by atoms with Crippen molar-refractivity contribution in [2.45, 2.75) is 11.9 Å². The lowest BCUT2D eigenvalue weighted by Crippen LogP contribution is -2.14. The molecule has 0 spiro atoms. The Labute approximate surface area is 163 Å². The van der Waals surface area contributed by atoms with Gasteiger partial charge in [0.05, 0.1) is 5.75 Å².